The van der Waals surface area contributed by atoms with E-state index in [9.17, 15) is 8.42 Å². The van der Waals surface area contributed by atoms with E-state index < -0.39 is 9.84 Å². The first-order valence-corrected chi connectivity index (χ1v) is 8.34. The zero-order chi connectivity index (χ0) is 13.6. The Hall–Kier alpha value is -0.640. The first kappa shape index (κ1) is 15.4. The number of rotatable bonds is 7. The Morgan fingerprint density at radius 3 is 2.78 bits per heavy atom. The van der Waals surface area contributed by atoms with Gasteiger partial charge < -0.3 is 10.2 Å². The van der Waals surface area contributed by atoms with Crippen LogP contribution in [0.1, 0.15) is 26.2 Å². The van der Waals surface area contributed by atoms with Gasteiger partial charge in [-0.2, -0.15) is 5.26 Å². The standard InChI is InChI=1S/C12H23N3O2S/c1-3-6-14-11(9-13)4-7-15(2)12-5-8-18(16,17)10-12/h11-12,14H,3-8,10H2,1-2H3. The van der Waals surface area contributed by atoms with Gasteiger partial charge in [-0.1, -0.05) is 6.92 Å². The average molecular weight is 273 g/mol. The summed E-state index contributed by atoms with van der Waals surface area (Å²) in [6.45, 7) is 3.67. The fourth-order valence-electron chi connectivity index (χ4n) is 2.17. The Kier molecular flexibility index (Phi) is 6.06. The minimum atomic E-state index is -2.82. The third-order valence-electron chi connectivity index (χ3n) is 3.40. The predicted molar refractivity (Wildman–Crippen MR) is 72.0 cm³/mol. The summed E-state index contributed by atoms with van der Waals surface area (Å²) in [7, 11) is -0.877. The molecule has 0 aromatic rings. The summed E-state index contributed by atoms with van der Waals surface area (Å²) in [5.74, 6) is 0.570. The Morgan fingerprint density at radius 2 is 2.28 bits per heavy atom. The highest BCUT2D eigenvalue weighted by atomic mass is 32.2. The molecule has 104 valence electrons. The van der Waals surface area contributed by atoms with E-state index in [1.54, 1.807) is 0 Å². The maximum absolute atomic E-state index is 11.4. The monoisotopic (exact) mass is 273 g/mol. The van der Waals surface area contributed by atoms with Crippen molar-refractivity contribution < 1.29 is 8.42 Å². The summed E-state index contributed by atoms with van der Waals surface area (Å²) in [5.41, 5.74) is 0. The molecule has 0 aromatic heterocycles. The molecule has 1 N–H and O–H groups in total. The van der Waals surface area contributed by atoms with E-state index >= 15 is 0 Å². The molecule has 1 rings (SSSR count). The molecule has 1 saturated heterocycles. The lowest BCUT2D eigenvalue weighted by Crippen LogP contribution is -2.37. The molecule has 0 aliphatic carbocycles. The van der Waals surface area contributed by atoms with Crippen molar-refractivity contribution in [2.45, 2.75) is 38.3 Å². The third kappa shape index (κ3) is 4.92. The number of hydrogen-bond donors (Lipinski definition) is 1. The number of sulfone groups is 1. The molecule has 5 nitrogen and oxygen atoms in total. The molecule has 0 saturated carbocycles. The summed E-state index contributed by atoms with van der Waals surface area (Å²) in [6, 6.07) is 2.23. The maximum Gasteiger partial charge on any atom is 0.151 e. The van der Waals surface area contributed by atoms with Gasteiger partial charge in [-0.3, -0.25) is 0 Å². The van der Waals surface area contributed by atoms with Crippen LogP contribution < -0.4 is 5.32 Å². The van der Waals surface area contributed by atoms with E-state index in [-0.39, 0.29) is 17.8 Å². The lowest BCUT2D eigenvalue weighted by atomic mass is 10.2. The van der Waals surface area contributed by atoms with Crippen LogP contribution >= 0.6 is 0 Å². The molecular weight excluding hydrogens is 250 g/mol. The van der Waals surface area contributed by atoms with Gasteiger partial charge in [0.2, 0.25) is 0 Å². The van der Waals surface area contributed by atoms with E-state index in [1.165, 1.54) is 0 Å². The van der Waals surface area contributed by atoms with Gasteiger partial charge >= 0.3 is 0 Å². The largest absolute Gasteiger partial charge is 0.302 e. The summed E-state index contributed by atoms with van der Waals surface area (Å²) in [5, 5.41) is 12.2. The highest BCUT2D eigenvalue weighted by Gasteiger charge is 2.30. The second-order valence-electron chi connectivity index (χ2n) is 4.96. The third-order valence-corrected chi connectivity index (χ3v) is 5.15. The zero-order valence-electron chi connectivity index (χ0n) is 11.2. The van der Waals surface area contributed by atoms with Crippen molar-refractivity contribution in [2.24, 2.45) is 0 Å². The smallest absolute Gasteiger partial charge is 0.151 e. The van der Waals surface area contributed by atoms with Crippen molar-refractivity contribution in [1.29, 1.82) is 5.26 Å². The van der Waals surface area contributed by atoms with Gasteiger partial charge in [0.25, 0.3) is 0 Å². The second kappa shape index (κ2) is 7.07. The number of nitrogens with zero attached hydrogens (tertiary/aromatic N) is 2. The molecule has 1 fully saturated rings. The van der Waals surface area contributed by atoms with Crippen molar-refractivity contribution >= 4 is 9.84 Å². The minimum absolute atomic E-state index is 0.125. The fraction of sp³-hybridized carbons (Fsp3) is 0.917. The van der Waals surface area contributed by atoms with Gasteiger partial charge in [0, 0.05) is 12.6 Å². The maximum atomic E-state index is 11.4. The van der Waals surface area contributed by atoms with Crippen molar-refractivity contribution in [3.05, 3.63) is 0 Å². The number of hydrogen-bond acceptors (Lipinski definition) is 5. The molecule has 18 heavy (non-hydrogen) atoms. The summed E-state index contributed by atoms with van der Waals surface area (Å²) in [6.07, 6.45) is 2.47. The van der Waals surface area contributed by atoms with Crippen LogP contribution in [0.5, 0.6) is 0 Å². The van der Waals surface area contributed by atoms with Crippen molar-refractivity contribution in [1.82, 2.24) is 10.2 Å². The van der Waals surface area contributed by atoms with Crippen LogP contribution in [-0.2, 0) is 9.84 Å². The van der Waals surface area contributed by atoms with Gasteiger partial charge in [-0.25, -0.2) is 8.42 Å². The Morgan fingerprint density at radius 1 is 1.56 bits per heavy atom. The van der Waals surface area contributed by atoms with Crippen LogP contribution in [0.25, 0.3) is 0 Å². The van der Waals surface area contributed by atoms with Crippen LogP contribution in [0.2, 0.25) is 0 Å². The Labute approximate surface area is 110 Å². The van der Waals surface area contributed by atoms with E-state index in [4.69, 9.17) is 5.26 Å². The quantitative estimate of drug-likeness (QED) is 0.726. The molecular formula is C12H23N3O2S. The molecule has 1 aliphatic rings. The fourth-order valence-corrected chi connectivity index (χ4v) is 3.97. The molecule has 1 aliphatic heterocycles. The van der Waals surface area contributed by atoms with Crippen LogP contribution in [0.4, 0.5) is 0 Å². The van der Waals surface area contributed by atoms with E-state index in [0.29, 0.717) is 5.75 Å². The van der Waals surface area contributed by atoms with Gasteiger partial charge in [-0.05, 0) is 32.9 Å². The SMILES string of the molecule is CCCNC(C#N)CCN(C)C1CCS(=O)(=O)C1. The van der Waals surface area contributed by atoms with Crippen LogP contribution in [0.15, 0.2) is 0 Å². The molecule has 2 atom stereocenters. The molecule has 6 heteroatoms. The molecule has 0 amide bonds. The molecule has 2 unspecified atom stereocenters. The topological polar surface area (TPSA) is 73.2 Å². The molecule has 0 aromatic carbocycles. The van der Waals surface area contributed by atoms with E-state index in [2.05, 4.69) is 23.2 Å². The normalized spacial score (nSPS) is 24.0. The summed E-state index contributed by atoms with van der Waals surface area (Å²) >= 11 is 0. The Bertz CT molecular complexity index is 389. The molecule has 0 spiro atoms. The van der Waals surface area contributed by atoms with Gasteiger partial charge in [0.15, 0.2) is 9.84 Å². The molecule has 1 heterocycles. The van der Waals surface area contributed by atoms with Crippen LogP contribution in [-0.4, -0.2) is 57.0 Å². The van der Waals surface area contributed by atoms with Gasteiger partial charge in [-0.15, -0.1) is 0 Å². The highest BCUT2D eigenvalue weighted by Crippen LogP contribution is 2.16. The number of nitrogens with one attached hydrogen (secondary N) is 1. The first-order valence-electron chi connectivity index (χ1n) is 6.52. The minimum Gasteiger partial charge on any atom is -0.302 e. The summed E-state index contributed by atoms with van der Waals surface area (Å²) < 4.78 is 22.8. The molecule has 0 radical (unpaired) electrons. The first-order chi connectivity index (χ1) is 8.48. The second-order valence-corrected chi connectivity index (χ2v) is 7.19. The predicted octanol–water partition coefficient (Wildman–Crippen LogP) is 0.387. The lowest BCUT2D eigenvalue weighted by molar-refractivity contribution is 0.252. The van der Waals surface area contributed by atoms with E-state index in [1.807, 2.05) is 7.05 Å². The van der Waals surface area contributed by atoms with Crippen LogP contribution in [0.3, 0.4) is 0 Å². The molecule has 0 bridgehead atoms. The summed E-state index contributed by atoms with van der Waals surface area (Å²) in [4.78, 5) is 2.07. The highest BCUT2D eigenvalue weighted by molar-refractivity contribution is 7.91. The van der Waals surface area contributed by atoms with Crippen molar-refractivity contribution in [3.8, 4) is 6.07 Å². The number of nitriles is 1. The van der Waals surface area contributed by atoms with Crippen molar-refractivity contribution in [3.63, 3.8) is 0 Å². The van der Waals surface area contributed by atoms with Crippen molar-refractivity contribution in [2.75, 3.05) is 31.6 Å². The average Bonchev–Trinajstić information content (AvgIpc) is 2.70. The zero-order valence-corrected chi connectivity index (χ0v) is 12.0. The van der Waals surface area contributed by atoms with Gasteiger partial charge in [0.05, 0.1) is 23.6 Å². The van der Waals surface area contributed by atoms with Gasteiger partial charge in [0.1, 0.15) is 0 Å². The van der Waals surface area contributed by atoms with Crippen LogP contribution in [0, 0.1) is 11.3 Å². The lowest BCUT2D eigenvalue weighted by Gasteiger charge is -2.24. The Balaban J connectivity index is 2.32. The van der Waals surface area contributed by atoms with E-state index in [0.717, 1.165) is 32.4 Å².